The third kappa shape index (κ3) is 5.50. The van der Waals surface area contributed by atoms with Crippen LogP contribution in [0.4, 0.5) is 17.3 Å². The van der Waals surface area contributed by atoms with E-state index in [0.29, 0.717) is 27.7 Å². The summed E-state index contributed by atoms with van der Waals surface area (Å²) in [6, 6.07) is 11.3. The van der Waals surface area contributed by atoms with Crippen molar-refractivity contribution in [2.24, 2.45) is 0 Å². The Balaban J connectivity index is 1.52. The highest BCUT2D eigenvalue weighted by atomic mass is 35.5. The van der Waals surface area contributed by atoms with E-state index in [2.05, 4.69) is 30.6 Å². The molecule has 0 unspecified atom stereocenters. The lowest BCUT2D eigenvalue weighted by atomic mass is 10.1. The predicted octanol–water partition coefficient (Wildman–Crippen LogP) is 2.45. The van der Waals surface area contributed by atoms with Crippen molar-refractivity contribution in [3.8, 4) is 11.3 Å². The molecule has 0 saturated carbocycles. The molecule has 176 valence electrons. The molecule has 0 radical (unpaired) electrons. The largest absolute Gasteiger partial charge is 0.355 e. The molecule has 3 aromatic rings. The molecule has 10 nitrogen and oxygen atoms in total. The molecular formula is C22H21ClN6O4S. The zero-order valence-corrected chi connectivity index (χ0v) is 19.6. The van der Waals surface area contributed by atoms with Crippen molar-refractivity contribution >= 4 is 50.8 Å². The Morgan fingerprint density at radius 2 is 1.91 bits per heavy atom. The van der Waals surface area contributed by atoms with Gasteiger partial charge in [-0.1, -0.05) is 11.6 Å². The van der Waals surface area contributed by atoms with Gasteiger partial charge in [-0.3, -0.25) is 9.59 Å². The van der Waals surface area contributed by atoms with Gasteiger partial charge in [0.25, 0.3) is 0 Å². The number of carbonyl (C=O) groups is 2. The summed E-state index contributed by atoms with van der Waals surface area (Å²) in [6.45, 7) is 1.63. The second-order valence-corrected chi connectivity index (χ2v) is 9.72. The fourth-order valence-corrected chi connectivity index (χ4v) is 4.58. The first kappa shape index (κ1) is 23.6. The van der Waals surface area contributed by atoms with Crippen LogP contribution in [0.25, 0.3) is 11.3 Å². The Hall–Kier alpha value is -3.54. The van der Waals surface area contributed by atoms with E-state index in [1.54, 1.807) is 36.5 Å². The molecule has 2 heterocycles. The van der Waals surface area contributed by atoms with E-state index >= 15 is 0 Å². The molecule has 12 heteroatoms. The fourth-order valence-electron chi connectivity index (χ4n) is 3.38. The van der Waals surface area contributed by atoms with Crippen LogP contribution in [-0.2, 0) is 26.0 Å². The quantitative estimate of drug-likeness (QED) is 0.365. The molecule has 4 N–H and O–H groups in total. The van der Waals surface area contributed by atoms with Crippen molar-refractivity contribution in [1.82, 2.24) is 20.0 Å². The van der Waals surface area contributed by atoms with E-state index in [9.17, 15) is 18.0 Å². The van der Waals surface area contributed by atoms with Crippen LogP contribution >= 0.6 is 11.6 Å². The number of rotatable bonds is 7. The number of amides is 2. The summed E-state index contributed by atoms with van der Waals surface area (Å²) in [5, 5.41) is 8.90. The van der Waals surface area contributed by atoms with Crippen molar-refractivity contribution in [1.29, 1.82) is 0 Å². The molecule has 0 saturated heterocycles. The molecule has 0 fully saturated rings. The van der Waals surface area contributed by atoms with Gasteiger partial charge in [0, 0.05) is 48.0 Å². The zero-order valence-electron chi connectivity index (χ0n) is 18.1. The monoisotopic (exact) mass is 500 g/mol. The highest BCUT2D eigenvalue weighted by molar-refractivity contribution is 7.89. The fraction of sp³-hybridized carbons (Fsp3) is 0.182. The number of anilines is 3. The number of carbonyl (C=O) groups excluding carboxylic acids is 2. The van der Waals surface area contributed by atoms with Gasteiger partial charge < -0.3 is 16.0 Å². The van der Waals surface area contributed by atoms with Gasteiger partial charge in [0.2, 0.25) is 27.8 Å². The Kier molecular flexibility index (Phi) is 6.77. The van der Waals surface area contributed by atoms with Crippen LogP contribution in [0.15, 0.2) is 53.6 Å². The average molecular weight is 501 g/mol. The number of hydrogen-bond acceptors (Lipinski definition) is 7. The molecule has 1 aliphatic heterocycles. The molecule has 1 aliphatic rings. The highest BCUT2D eigenvalue weighted by Crippen LogP contribution is 2.34. The van der Waals surface area contributed by atoms with E-state index in [1.165, 1.54) is 19.1 Å². The average Bonchev–Trinajstić information content (AvgIpc) is 2.91. The van der Waals surface area contributed by atoms with Gasteiger partial charge >= 0.3 is 0 Å². The molecular weight excluding hydrogens is 480 g/mol. The molecule has 1 aromatic heterocycles. The smallest absolute Gasteiger partial charge is 0.240 e. The second-order valence-electron chi connectivity index (χ2n) is 7.51. The molecule has 2 aromatic carbocycles. The van der Waals surface area contributed by atoms with Crippen molar-refractivity contribution in [3.63, 3.8) is 0 Å². The zero-order chi connectivity index (χ0) is 24.3. The molecule has 4 rings (SSSR count). The van der Waals surface area contributed by atoms with Crippen LogP contribution in [0.1, 0.15) is 12.5 Å². The lowest BCUT2D eigenvalue weighted by molar-refractivity contribution is -0.119. The minimum absolute atomic E-state index is 0.0783. The standard InChI is InChI=1S/C22H21ClN6O4S/c1-13(30)24-8-9-26-34(32,33)17-5-3-16(4-6-17)27-22-25-12-14-10-20(31)28-19-11-15(23)2-7-18(19)21(14)29-22/h2-7,11-12,26H,8-10H2,1H3,(H,24,30)(H,28,31)(H,25,27,29). The van der Waals surface area contributed by atoms with Crippen LogP contribution < -0.4 is 20.7 Å². The first-order valence-electron chi connectivity index (χ1n) is 10.3. The van der Waals surface area contributed by atoms with Crippen LogP contribution in [0.2, 0.25) is 5.02 Å². The number of aromatic nitrogens is 2. The lowest BCUT2D eigenvalue weighted by Gasteiger charge is -2.11. The maximum absolute atomic E-state index is 12.4. The Morgan fingerprint density at radius 3 is 2.65 bits per heavy atom. The van der Waals surface area contributed by atoms with E-state index in [-0.39, 0.29) is 42.2 Å². The summed E-state index contributed by atoms with van der Waals surface area (Å²) in [7, 11) is -3.72. The summed E-state index contributed by atoms with van der Waals surface area (Å²) in [4.78, 5) is 32.1. The molecule has 34 heavy (non-hydrogen) atoms. The second kappa shape index (κ2) is 9.75. The number of benzene rings is 2. The van der Waals surface area contributed by atoms with E-state index in [1.807, 2.05) is 0 Å². The number of sulfonamides is 1. The normalized spacial score (nSPS) is 12.7. The van der Waals surface area contributed by atoms with E-state index in [0.717, 1.165) is 5.56 Å². The Bertz CT molecular complexity index is 1360. The topological polar surface area (TPSA) is 142 Å². The van der Waals surface area contributed by atoms with Crippen molar-refractivity contribution in [3.05, 3.63) is 59.2 Å². The molecule has 0 bridgehead atoms. The van der Waals surface area contributed by atoms with Gasteiger partial charge in [-0.2, -0.15) is 0 Å². The molecule has 0 aliphatic carbocycles. The minimum atomic E-state index is -3.72. The Labute approximate surface area is 201 Å². The van der Waals surface area contributed by atoms with Crippen LogP contribution in [0, 0.1) is 0 Å². The summed E-state index contributed by atoms with van der Waals surface area (Å²) in [5.41, 5.74) is 3.15. The first-order chi connectivity index (χ1) is 16.2. The maximum Gasteiger partial charge on any atom is 0.240 e. The van der Waals surface area contributed by atoms with Gasteiger partial charge in [0.15, 0.2) is 0 Å². The van der Waals surface area contributed by atoms with Gasteiger partial charge in [0.05, 0.1) is 22.7 Å². The third-order valence-electron chi connectivity index (χ3n) is 4.94. The number of nitrogens with zero attached hydrogens (tertiary/aromatic N) is 2. The first-order valence-corrected chi connectivity index (χ1v) is 12.1. The summed E-state index contributed by atoms with van der Waals surface area (Å²) >= 11 is 6.08. The Morgan fingerprint density at radius 1 is 1.15 bits per heavy atom. The van der Waals surface area contributed by atoms with Crippen molar-refractivity contribution in [2.75, 3.05) is 23.7 Å². The summed E-state index contributed by atoms with van der Waals surface area (Å²) in [5.74, 6) is -0.128. The number of halogens is 1. The minimum Gasteiger partial charge on any atom is -0.355 e. The number of fused-ring (bicyclic) bond motifs is 3. The SMILES string of the molecule is CC(=O)NCCNS(=O)(=O)c1ccc(Nc2ncc3c(n2)-c2ccc(Cl)cc2NC(=O)C3)cc1. The molecule has 0 spiro atoms. The van der Waals surface area contributed by atoms with E-state index < -0.39 is 10.0 Å². The summed E-state index contributed by atoms with van der Waals surface area (Å²) in [6.07, 6.45) is 1.72. The molecule has 2 amide bonds. The number of hydrogen-bond donors (Lipinski definition) is 4. The number of nitrogens with one attached hydrogen (secondary N) is 4. The maximum atomic E-state index is 12.4. The van der Waals surface area contributed by atoms with Crippen molar-refractivity contribution in [2.45, 2.75) is 18.2 Å². The third-order valence-corrected chi connectivity index (χ3v) is 6.65. The van der Waals surface area contributed by atoms with Gasteiger partial charge in [-0.15, -0.1) is 0 Å². The van der Waals surface area contributed by atoms with Gasteiger partial charge in [-0.05, 0) is 42.5 Å². The summed E-state index contributed by atoms with van der Waals surface area (Å²) < 4.78 is 27.2. The van der Waals surface area contributed by atoms with Crippen LogP contribution in [0.5, 0.6) is 0 Å². The lowest BCUT2D eigenvalue weighted by Crippen LogP contribution is -2.33. The predicted molar refractivity (Wildman–Crippen MR) is 128 cm³/mol. The van der Waals surface area contributed by atoms with Gasteiger partial charge in [-0.25, -0.2) is 23.1 Å². The highest BCUT2D eigenvalue weighted by Gasteiger charge is 2.21. The van der Waals surface area contributed by atoms with Crippen LogP contribution in [-0.4, -0.2) is 43.3 Å². The van der Waals surface area contributed by atoms with Crippen molar-refractivity contribution < 1.29 is 18.0 Å². The molecule has 0 atom stereocenters. The van der Waals surface area contributed by atoms with Crippen LogP contribution in [0.3, 0.4) is 0 Å². The van der Waals surface area contributed by atoms with E-state index in [4.69, 9.17) is 11.6 Å². The van der Waals surface area contributed by atoms with Gasteiger partial charge in [0.1, 0.15) is 0 Å².